The molecule has 0 atom stereocenters. The van der Waals surface area contributed by atoms with Gasteiger partial charge in [-0.25, -0.2) is 0 Å². The van der Waals surface area contributed by atoms with Crippen molar-refractivity contribution >= 4 is 10.9 Å². The smallest absolute Gasteiger partial charge is 0.267 e. The van der Waals surface area contributed by atoms with Crippen molar-refractivity contribution in [2.75, 3.05) is 0 Å². The monoisotopic (exact) mass is 260 g/mol. The highest BCUT2D eigenvalue weighted by atomic mass is 16.1. The average molecular weight is 260 g/mol. The lowest BCUT2D eigenvalue weighted by atomic mass is 10.2. The Morgan fingerprint density at radius 2 is 1.70 bits per heavy atom. The molecular weight excluding hydrogens is 248 g/mol. The average Bonchev–Trinajstić information content (AvgIpc) is 2.48. The molecule has 0 unspecified atom stereocenters. The van der Waals surface area contributed by atoms with Crippen LogP contribution in [0.4, 0.5) is 0 Å². The maximum absolute atomic E-state index is 11.9. The van der Waals surface area contributed by atoms with Gasteiger partial charge in [-0.3, -0.25) is 9.36 Å². The van der Waals surface area contributed by atoms with Crippen molar-refractivity contribution in [3.63, 3.8) is 0 Å². The first-order chi connectivity index (χ1) is 9.75. The van der Waals surface area contributed by atoms with E-state index in [4.69, 9.17) is 0 Å². The predicted molar refractivity (Wildman–Crippen MR) is 79.5 cm³/mol. The molecule has 0 fully saturated rings. The highest BCUT2D eigenvalue weighted by Gasteiger charge is 2.04. The molecule has 1 heterocycles. The summed E-state index contributed by atoms with van der Waals surface area (Å²) < 4.78 is 1.75. The summed E-state index contributed by atoms with van der Waals surface area (Å²) in [5.74, 6) is 3.68. The zero-order valence-corrected chi connectivity index (χ0v) is 11.0. The van der Waals surface area contributed by atoms with E-state index in [9.17, 15) is 4.79 Å². The second-order valence-electron chi connectivity index (χ2n) is 4.42. The van der Waals surface area contributed by atoms with Crippen LogP contribution in [0.1, 0.15) is 11.4 Å². The molecule has 2 aromatic carbocycles. The second-order valence-corrected chi connectivity index (χ2v) is 4.42. The maximum atomic E-state index is 11.9. The molecule has 0 saturated carbocycles. The minimum Gasteiger partial charge on any atom is -0.267 e. The van der Waals surface area contributed by atoms with Crippen LogP contribution in [0.5, 0.6) is 0 Å². The molecule has 0 aliphatic heterocycles. The van der Waals surface area contributed by atoms with Crippen molar-refractivity contribution in [2.24, 2.45) is 0 Å². The Morgan fingerprint density at radius 1 is 1.00 bits per heavy atom. The Labute approximate surface area is 116 Å². The summed E-state index contributed by atoms with van der Waals surface area (Å²) >= 11 is 0. The SMILES string of the molecule is Cc1nc(=O)c2ccccc2n1C#Cc1ccccc1. The molecule has 0 aliphatic carbocycles. The summed E-state index contributed by atoms with van der Waals surface area (Å²) in [5, 5.41) is 0.584. The molecule has 3 rings (SSSR count). The van der Waals surface area contributed by atoms with Crippen LogP contribution < -0.4 is 5.56 Å². The number of aryl methyl sites for hydroxylation is 1. The van der Waals surface area contributed by atoms with Crippen molar-refractivity contribution in [2.45, 2.75) is 6.92 Å². The first-order valence-electron chi connectivity index (χ1n) is 6.31. The number of hydrogen-bond donors (Lipinski definition) is 0. The number of hydrogen-bond acceptors (Lipinski definition) is 2. The van der Waals surface area contributed by atoms with Gasteiger partial charge in [0.25, 0.3) is 5.56 Å². The highest BCUT2D eigenvalue weighted by molar-refractivity contribution is 5.79. The van der Waals surface area contributed by atoms with Gasteiger partial charge in [0, 0.05) is 11.6 Å². The van der Waals surface area contributed by atoms with Crippen LogP contribution in [0.25, 0.3) is 10.9 Å². The largest absolute Gasteiger partial charge is 0.280 e. The summed E-state index contributed by atoms with van der Waals surface area (Å²) in [6.07, 6.45) is 0. The summed E-state index contributed by atoms with van der Waals surface area (Å²) in [6.45, 7) is 1.79. The molecule has 3 nitrogen and oxygen atoms in total. The van der Waals surface area contributed by atoms with Crippen LogP contribution in [0.3, 0.4) is 0 Å². The maximum Gasteiger partial charge on any atom is 0.280 e. The fourth-order valence-electron chi connectivity index (χ4n) is 2.06. The van der Waals surface area contributed by atoms with E-state index in [1.54, 1.807) is 17.6 Å². The third-order valence-electron chi connectivity index (χ3n) is 3.05. The van der Waals surface area contributed by atoms with Gasteiger partial charge in [-0.1, -0.05) is 30.3 Å². The van der Waals surface area contributed by atoms with Crippen LogP contribution in [0, 0.1) is 18.9 Å². The van der Waals surface area contributed by atoms with Crippen LogP contribution in [-0.4, -0.2) is 9.55 Å². The van der Waals surface area contributed by atoms with Crippen molar-refractivity contribution < 1.29 is 0 Å². The summed E-state index contributed by atoms with van der Waals surface area (Å²) in [6, 6.07) is 20.2. The Hall–Kier alpha value is -2.86. The number of fused-ring (bicyclic) bond motifs is 1. The molecule has 3 aromatic rings. The molecule has 20 heavy (non-hydrogen) atoms. The van der Waals surface area contributed by atoms with Gasteiger partial charge in [0.1, 0.15) is 5.82 Å². The van der Waals surface area contributed by atoms with E-state index in [1.807, 2.05) is 48.5 Å². The molecule has 0 aliphatic rings. The Morgan fingerprint density at radius 3 is 2.50 bits per heavy atom. The number of aromatic nitrogens is 2. The molecule has 0 N–H and O–H groups in total. The Kier molecular flexibility index (Phi) is 3.06. The van der Waals surface area contributed by atoms with E-state index >= 15 is 0 Å². The van der Waals surface area contributed by atoms with Gasteiger partial charge < -0.3 is 0 Å². The molecule has 1 aromatic heterocycles. The molecule has 0 bridgehead atoms. The van der Waals surface area contributed by atoms with E-state index in [0.29, 0.717) is 11.2 Å². The van der Waals surface area contributed by atoms with Crippen molar-refractivity contribution in [3.8, 4) is 12.0 Å². The molecule has 0 saturated heterocycles. The van der Waals surface area contributed by atoms with E-state index in [0.717, 1.165) is 11.1 Å². The standard InChI is InChI=1S/C17H12N2O/c1-13-18-17(20)15-9-5-6-10-16(15)19(13)12-11-14-7-3-2-4-8-14/h2-10H,1H3. The predicted octanol–water partition coefficient (Wildman–Crippen LogP) is 2.56. The quantitative estimate of drug-likeness (QED) is 0.582. The van der Waals surface area contributed by atoms with Gasteiger partial charge in [0.15, 0.2) is 0 Å². The van der Waals surface area contributed by atoms with Crippen LogP contribution in [0.2, 0.25) is 0 Å². The first kappa shape index (κ1) is 12.2. The molecule has 0 radical (unpaired) electrons. The highest BCUT2D eigenvalue weighted by Crippen LogP contribution is 2.09. The summed E-state index contributed by atoms with van der Waals surface area (Å²) in [5.41, 5.74) is 1.50. The van der Waals surface area contributed by atoms with E-state index in [2.05, 4.69) is 16.9 Å². The van der Waals surface area contributed by atoms with Gasteiger partial charge in [-0.15, -0.1) is 0 Å². The number of benzene rings is 2. The minimum atomic E-state index is -0.212. The molecular formula is C17H12N2O. The lowest BCUT2D eigenvalue weighted by molar-refractivity contribution is 0.960. The van der Waals surface area contributed by atoms with Crippen LogP contribution >= 0.6 is 0 Å². The van der Waals surface area contributed by atoms with E-state index in [-0.39, 0.29) is 5.56 Å². The van der Waals surface area contributed by atoms with Crippen LogP contribution in [0.15, 0.2) is 59.4 Å². The second kappa shape index (κ2) is 5.02. The van der Waals surface area contributed by atoms with Gasteiger partial charge >= 0.3 is 0 Å². The summed E-state index contributed by atoms with van der Waals surface area (Å²) in [4.78, 5) is 15.9. The van der Waals surface area contributed by atoms with Crippen LogP contribution in [-0.2, 0) is 0 Å². The molecule has 3 heteroatoms. The van der Waals surface area contributed by atoms with E-state index < -0.39 is 0 Å². The zero-order chi connectivity index (χ0) is 13.9. The van der Waals surface area contributed by atoms with Crippen molar-refractivity contribution in [1.29, 1.82) is 0 Å². The van der Waals surface area contributed by atoms with Crippen molar-refractivity contribution in [3.05, 3.63) is 76.3 Å². The Bertz CT molecular complexity index is 883. The first-order valence-corrected chi connectivity index (χ1v) is 6.31. The number of nitrogens with zero attached hydrogens (tertiary/aromatic N) is 2. The van der Waals surface area contributed by atoms with E-state index in [1.165, 1.54) is 0 Å². The van der Waals surface area contributed by atoms with Gasteiger partial charge in [0.2, 0.25) is 0 Å². The lowest BCUT2D eigenvalue weighted by Crippen LogP contribution is -2.14. The van der Waals surface area contributed by atoms with Crippen molar-refractivity contribution in [1.82, 2.24) is 9.55 Å². The third kappa shape index (κ3) is 2.19. The zero-order valence-electron chi connectivity index (χ0n) is 11.0. The Balaban J connectivity index is 2.23. The molecule has 96 valence electrons. The van der Waals surface area contributed by atoms with Gasteiger partial charge in [-0.05, 0) is 37.1 Å². The third-order valence-corrected chi connectivity index (χ3v) is 3.05. The summed E-state index contributed by atoms with van der Waals surface area (Å²) in [7, 11) is 0. The topological polar surface area (TPSA) is 34.9 Å². The minimum absolute atomic E-state index is 0.212. The van der Waals surface area contributed by atoms with Gasteiger partial charge in [0.05, 0.1) is 10.9 Å². The molecule has 0 amide bonds. The lowest BCUT2D eigenvalue weighted by Gasteiger charge is -2.05. The molecule has 0 spiro atoms. The number of rotatable bonds is 0. The fraction of sp³-hybridized carbons (Fsp3) is 0.0588. The van der Waals surface area contributed by atoms with Gasteiger partial charge in [-0.2, -0.15) is 4.98 Å². The number of para-hydroxylation sites is 1. The normalized spacial score (nSPS) is 10.1. The fourth-order valence-corrected chi connectivity index (χ4v) is 2.06.